The van der Waals surface area contributed by atoms with Crippen molar-refractivity contribution in [1.29, 1.82) is 0 Å². The van der Waals surface area contributed by atoms with E-state index in [1.54, 1.807) is 18.2 Å². The Balaban J connectivity index is 1.68. The molecule has 0 unspecified atom stereocenters. The number of amides is 1. The SMILES string of the molecule is Cc1c(C(N)=O)cc(-c2csc(Nc3ccc(F)cc3)n2)n1Cc1ccccc1. The maximum absolute atomic E-state index is 13.1. The number of aromatic nitrogens is 2. The van der Waals surface area contributed by atoms with Crippen LogP contribution < -0.4 is 11.1 Å². The third-order valence-corrected chi connectivity index (χ3v) is 5.44. The minimum absolute atomic E-state index is 0.288. The van der Waals surface area contributed by atoms with Gasteiger partial charge in [-0.15, -0.1) is 11.3 Å². The highest BCUT2D eigenvalue weighted by atomic mass is 32.1. The van der Waals surface area contributed by atoms with E-state index in [0.29, 0.717) is 17.2 Å². The van der Waals surface area contributed by atoms with Crippen molar-refractivity contribution in [3.63, 3.8) is 0 Å². The van der Waals surface area contributed by atoms with Crippen molar-refractivity contribution in [3.8, 4) is 11.4 Å². The Hall–Kier alpha value is -3.45. The molecule has 0 bridgehead atoms. The normalized spacial score (nSPS) is 10.8. The Morgan fingerprint density at radius 3 is 2.59 bits per heavy atom. The number of hydrogen-bond acceptors (Lipinski definition) is 4. The Morgan fingerprint density at radius 1 is 1.17 bits per heavy atom. The molecule has 4 aromatic rings. The first kappa shape index (κ1) is 18.9. The van der Waals surface area contributed by atoms with Crippen molar-refractivity contribution < 1.29 is 9.18 Å². The molecule has 4 rings (SSSR count). The molecule has 2 aromatic carbocycles. The van der Waals surface area contributed by atoms with E-state index in [-0.39, 0.29) is 5.82 Å². The van der Waals surface area contributed by atoms with Crippen LogP contribution in [0.4, 0.5) is 15.2 Å². The molecule has 0 atom stereocenters. The number of hydrogen-bond donors (Lipinski definition) is 2. The number of benzene rings is 2. The molecule has 7 heteroatoms. The van der Waals surface area contributed by atoms with Crippen molar-refractivity contribution in [2.75, 3.05) is 5.32 Å². The van der Waals surface area contributed by atoms with Gasteiger partial charge in [0.1, 0.15) is 5.82 Å². The molecule has 1 amide bonds. The quantitative estimate of drug-likeness (QED) is 0.476. The molecule has 29 heavy (non-hydrogen) atoms. The second kappa shape index (κ2) is 7.89. The number of rotatable bonds is 6. The number of nitrogens with zero attached hydrogens (tertiary/aromatic N) is 2. The number of primary amides is 1. The van der Waals surface area contributed by atoms with Crippen molar-refractivity contribution >= 4 is 28.1 Å². The largest absolute Gasteiger partial charge is 0.366 e. The predicted molar refractivity (Wildman–Crippen MR) is 114 cm³/mol. The van der Waals surface area contributed by atoms with Crippen LogP contribution >= 0.6 is 11.3 Å². The van der Waals surface area contributed by atoms with Gasteiger partial charge in [-0.3, -0.25) is 4.79 Å². The fourth-order valence-electron chi connectivity index (χ4n) is 3.18. The average molecular weight is 406 g/mol. The molecule has 0 saturated heterocycles. The second-order valence-electron chi connectivity index (χ2n) is 6.63. The molecule has 0 spiro atoms. The van der Waals surface area contributed by atoms with Gasteiger partial charge in [0, 0.05) is 23.3 Å². The number of carbonyl (C=O) groups is 1. The molecule has 2 heterocycles. The Kier molecular flexibility index (Phi) is 5.14. The number of anilines is 2. The van der Waals surface area contributed by atoms with E-state index in [1.807, 2.05) is 47.2 Å². The summed E-state index contributed by atoms with van der Waals surface area (Å²) in [4.78, 5) is 16.5. The van der Waals surface area contributed by atoms with Gasteiger partial charge < -0.3 is 15.6 Å². The van der Waals surface area contributed by atoms with E-state index in [4.69, 9.17) is 5.73 Å². The highest BCUT2D eigenvalue weighted by molar-refractivity contribution is 7.14. The summed E-state index contributed by atoms with van der Waals surface area (Å²) in [5.74, 6) is -0.751. The zero-order valence-corrected chi connectivity index (χ0v) is 16.5. The van der Waals surface area contributed by atoms with Gasteiger partial charge in [0.05, 0.1) is 17.0 Å². The first-order valence-electron chi connectivity index (χ1n) is 9.03. The summed E-state index contributed by atoms with van der Waals surface area (Å²) in [6.45, 7) is 2.49. The summed E-state index contributed by atoms with van der Waals surface area (Å²) in [5.41, 5.74) is 10.3. The summed E-state index contributed by atoms with van der Waals surface area (Å²) in [6, 6.07) is 17.9. The van der Waals surface area contributed by atoms with Crippen molar-refractivity contribution in [2.24, 2.45) is 5.73 Å². The van der Waals surface area contributed by atoms with Crippen molar-refractivity contribution in [2.45, 2.75) is 13.5 Å². The first-order valence-corrected chi connectivity index (χ1v) is 9.91. The number of thiazole rings is 1. The summed E-state index contributed by atoms with van der Waals surface area (Å²) in [5, 5.41) is 5.78. The molecule has 3 N–H and O–H groups in total. The third kappa shape index (κ3) is 4.05. The zero-order valence-electron chi connectivity index (χ0n) is 15.7. The molecule has 0 aliphatic heterocycles. The second-order valence-corrected chi connectivity index (χ2v) is 7.49. The molecule has 0 fully saturated rings. The lowest BCUT2D eigenvalue weighted by atomic mass is 10.2. The fourth-order valence-corrected chi connectivity index (χ4v) is 3.91. The van der Waals surface area contributed by atoms with Crippen LogP contribution in [0.25, 0.3) is 11.4 Å². The van der Waals surface area contributed by atoms with Gasteiger partial charge in [0.15, 0.2) is 5.13 Å². The molecule has 0 aliphatic rings. The van der Waals surface area contributed by atoms with Gasteiger partial charge >= 0.3 is 0 Å². The fraction of sp³-hybridized carbons (Fsp3) is 0.0909. The van der Waals surface area contributed by atoms with E-state index in [0.717, 1.165) is 28.3 Å². The molecule has 0 radical (unpaired) electrons. The first-order chi connectivity index (χ1) is 14.0. The van der Waals surface area contributed by atoms with E-state index in [1.165, 1.54) is 23.5 Å². The lowest BCUT2D eigenvalue weighted by Gasteiger charge is -2.11. The Morgan fingerprint density at radius 2 is 1.90 bits per heavy atom. The summed E-state index contributed by atoms with van der Waals surface area (Å²) < 4.78 is 15.1. The smallest absolute Gasteiger partial charge is 0.250 e. The van der Waals surface area contributed by atoms with E-state index >= 15 is 0 Å². The topological polar surface area (TPSA) is 72.9 Å². The molecular weight excluding hydrogens is 387 g/mol. The Labute approximate surface area is 171 Å². The molecule has 2 aromatic heterocycles. The zero-order chi connectivity index (χ0) is 20.4. The van der Waals surface area contributed by atoms with E-state index in [2.05, 4.69) is 10.3 Å². The van der Waals surface area contributed by atoms with Crippen LogP contribution in [0.3, 0.4) is 0 Å². The third-order valence-electron chi connectivity index (χ3n) is 4.68. The molecule has 0 aliphatic carbocycles. The standard InChI is InChI=1S/C22H19FN4OS/c1-14-18(21(24)28)11-20(27(14)12-15-5-3-2-4-6-15)19-13-29-22(26-19)25-17-9-7-16(23)8-10-17/h2-11,13H,12H2,1H3,(H2,24,28)(H,25,26). The number of carbonyl (C=O) groups excluding carboxylic acids is 1. The lowest BCUT2D eigenvalue weighted by molar-refractivity contribution is 0.0999. The van der Waals surface area contributed by atoms with Crippen LogP contribution in [-0.4, -0.2) is 15.5 Å². The van der Waals surface area contributed by atoms with Gasteiger partial charge in [-0.05, 0) is 42.8 Å². The van der Waals surface area contributed by atoms with Crippen molar-refractivity contribution in [1.82, 2.24) is 9.55 Å². The molecule has 146 valence electrons. The van der Waals surface area contributed by atoms with Crippen LogP contribution in [0.2, 0.25) is 0 Å². The average Bonchev–Trinajstić information content (AvgIpc) is 3.29. The highest BCUT2D eigenvalue weighted by Crippen LogP contribution is 2.31. The number of halogens is 1. The van der Waals surface area contributed by atoms with Crippen LogP contribution in [0, 0.1) is 12.7 Å². The predicted octanol–water partition coefficient (Wildman–Crippen LogP) is 4.95. The maximum Gasteiger partial charge on any atom is 0.250 e. The molecular formula is C22H19FN4OS. The molecule has 5 nitrogen and oxygen atoms in total. The van der Waals surface area contributed by atoms with Crippen LogP contribution in [-0.2, 0) is 6.54 Å². The maximum atomic E-state index is 13.1. The van der Waals surface area contributed by atoms with Crippen molar-refractivity contribution in [3.05, 3.63) is 88.7 Å². The molecule has 0 saturated carbocycles. The number of nitrogens with two attached hydrogens (primary N) is 1. The van der Waals surface area contributed by atoms with Gasteiger partial charge in [0.25, 0.3) is 5.91 Å². The van der Waals surface area contributed by atoms with Crippen LogP contribution in [0.1, 0.15) is 21.6 Å². The minimum atomic E-state index is -0.463. The highest BCUT2D eigenvalue weighted by Gasteiger charge is 2.19. The summed E-state index contributed by atoms with van der Waals surface area (Å²) in [6.07, 6.45) is 0. The van der Waals surface area contributed by atoms with Gasteiger partial charge in [-0.2, -0.15) is 0 Å². The lowest BCUT2D eigenvalue weighted by Crippen LogP contribution is -2.12. The van der Waals surface area contributed by atoms with Gasteiger partial charge in [-0.1, -0.05) is 30.3 Å². The van der Waals surface area contributed by atoms with E-state index in [9.17, 15) is 9.18 Å². The number of nitrogens with one attached hydrogen (secondary N) is 1. The minimum Gasteiger partial charge on any atom is -0.366 e. The monoisotopic (exact) mass is 406 g/mol. The van der Waals surface area contributed by atoms with Crippen LogP contribution in [0.15, 0.2) is 66.0 Å². The summed E-state index contributed by atoms with van der Waals surface area (Å²) >= 11 is 1.44. The van der Waals surface area contributed by atoms with Gasteiger partial charge in [0.2, 0.25) is 0 Å². The van der Waals surface area contributed by atoms with Crippen LogP contribution in [0.5, 0.6) is 0 Å². The summed E-state index contributed by atoms with van der Waals surface area (Å²) in [7, 11) is 0. The van der Waals surface area contributed by atoms with E-state index < -0.39 is 5.91 Å². The Bertz CT molecular complexity index is 1150. The van der Waals surface area contributed by atoms with Gasteiger partial charge in [-0.25, -0.2) is 9.37 Å².